The largest absolute Gasteiger partial charge is 0.312 e. The van der Waals surface area contributed by atoms with Gasteiger partial charge in [0.05, 0.1) is 10.6 Å². The normalized spacial score (nSPS) is 14.9. The lowest BCUT2D eigenvalue weighted by atomic mass is 10.2. The number of carbonyl (C=O) groups is 1. The van der Waals surface area contributed by atoms with Crippen molar-refractivity contribution < 1.29 is 17.6 Å². The van der Waals surface area contributed by atoms with Crippen molar-refractivity contribution in [2.45, 2.75) is 24.7 Å². The van der Waals surface area contributed by atoms with Gasteiger partial charge in [-0.25, -0.2) is 12.8 Å². The van der Waals surface area contributed by atoms with Crippen molar-refractivity contribution in [1.29, 1.82) is 0 Å². The summed E-state index contributed by atoms with van der Waals surface area (Å²) in [5, 5.41) is 0. The number of sulfonamides is 1. The molecule has 2 aromatic carbocycles. The highest BCUT2D eigenvalue weighted by atomic mass is 32.2. The van der Waals surface area contributed by atoms with Crippen LogP contribution in [0.1, 0.15) is 18.4 Å². The zero-order chi connectivity index (χ0) is 17.3. The number of aryl methyl sites for hydroxylation is 1. The van der Waals surface area contributed by atoms with Gasteiger partial charge in [0.25, 0.3) is 10.0 Å². The van der Waals surface area contributed by atoms with Gasteiger partial charge in [0.2, 0.25) is 5.91 Å². The van der Waals surface area contributed by atoms with Crippen LogP contribution in [0.5, 0.6) is 0 Å². The lowest BCUT2D eigenvalue weighted by Crippen LogP contribution is -2.23. The molecule has 2 aromatic rings. The van der Waals surface area contributed by atoms with E-state index < -0.39 is 15.8 Å². The van der Waals surface area contributed by atoms with Crippen molar-refractivity contribution in [3.8, 4) is 0 Å². The first-order chi connectivity index (χ1) is 11.4. The second-order valence-corrected chi connectivity index (χ2v) is 7.39. The van der Waals surface area contributed by atoms with Crippen LogP contribution in [0.4, 0.5) is 15.8 Å². The number of anilines is 2. The SMILES string of the molecule is Cc1cc(F)ccc1NS(=O)(=O)c1ccc(N2CCCC2=O)cc1. The van der Waals surface area contributed by atoms with E-state index in [0.29, 0.717) is 29.9 Å². The molecular weight excluding hydrogens is 331 g/mol. The van der Waals surface area contributed by atoms with Gasteiger partial charge < -0.3 is 4.90 Å². The number of amides is 1. The molecule has 0 bridgehead atoms. The maximum Gasteiger partial charge on any atom is 0.261 e. The van der Waals surface area contributed by atoms with Gasteiger partial charge in [-0.2, -0.15) is 0 Å². The van der Waals surface area contributed by atoms with Gasteiger partial charge in [-0.1, -0.05) is 0 Å². The van der Waals surface area contributed by atoms with E-state index in [2.05, 4.69) is 4.72 Å². The number of nitrogens with zero attached hydrogens (tertiary/aromatic N) is 1. The van der Waals surface area contributed by atoms with E-state index in [0.717, 1.165) is 6.42 Å². The van der Waals surface area contributed by atoms with Crippen molar-refractivity contribution >= 4 is 27.3 Å². The molecule has 0 unspecified atom stereocenters. The maximum atomic E-state index is 13.1. The Bertz CT molecular complexity index is 879. The molecule has 1 aliphatic heterocycles. The van der Waals surface area contributed by atoms with Gasteiger partial charge in [-0.05, 0) is 61.4 Å². The fourth-order valence-corrected chi connectivity index (χ4v) is 3.80. The molecule has 1 fully saturated rings. The topological polar surface area (TPSA) is 66.5 Å². The van der Waals surface area contributed by atoms with Crippen LogP contribution in [0.2, 0.25) is 0 Å². The summed E-state index contributed by atoms with van der Waals surface area (Å²) >= 11 is 0. The van der Waals surface area contributed by atoms with Crippen molar-refractivity contribution in [1.82, 2.24) is 0 Å². The molecule has 1 saturated heterocycles. The second kappa shape index (κ2) is 6.24. The van der Waals surface area contributed by atoms with Crippen molar-refractivity contribution in [3.63, 3.8) is 0 Å². The Morgan fingerprint density at radius 2 is 1.83 bits per heavy atom. The summed E-state index contributed by atoms with van der Waals surface area (Å²) in [5.74, 6) is -0.374. The van der Waals surface area contributed by atoms with Crippen LogP contribution in [0.25, 0.3) is 0 Å². The second-order valence-electron chi connectivity index (χ2n) is 5.71. The molecule has 7 heteroatoms. The Labute approximate surface area is 140 Å². The zero-order valence-electron chi connectivity index (χ0n) is 13.1. The Kier molecular flexibility index (Phi) is 4.28. The van der Waals surface area contributed by atoms with Crippen LogP contribution in [0, 0.1) is 12.7 Å². The van der Waals surface area contributed by atoms with E-state index in [1.54, 1.807) is 24.0 Å². The lowest BCUT2D eigenvalue weighted by molar-refractivity contribution is -0.117. The first kappa shape index (κ1) is 16.4. The number of hydrogen-bond acceptors (Lipinski definition) is 3. The number of benzene rings is 2. The summed E-state index contributed by atoms with van der Waals surface area (Å²) in [5.41, 5.74) is 1.52. The summed E-state index contributed by atoms with van der Waals surface area (Å²) < 4.78 is 40.5. The number of carbonyl (C=O) groups excluding carboxylic acids is 1. The zero-order valence-corrected chi connectivity index (χ0v) is 13.9. The van der Waals surface area contributed by atoms with E-state index in [1.807, 2.05) is 0 Å². The monoisotopic (exact) mass is 348 g/mol. The molecule has 1 heterocycles. The molecule has 5 nitrogen and oxygen atoms in total. The van der Waals surface area contributed by atoms with Crippen LogP contribution in [0.3, 0.4) is 0 Å². The standard InChI is InChI=1S/C17H17FN2O3S/c1-12-11-13(18)4-9-16(12)19-24(22,23)15-7-5-14(6-8-15)20-10-2-3-17(20)21/h4-9,11,19H,2-3,10H2,1H3. The van der Waals surface area contributed by atoms with Crippen LogP contribution in [0.15, 0.2) is 47.4 Å². The minimum Gasteiger partial charge on any atom is -0.312 e. The van der Waals surface area contributed by atoms with Crippen molar-refractivity contribution in [2.75, 3.05) is 16.2 Å². The molecule has 1 amide bonds. The molecule has 0 atom stereocenters. The summed E-state index contributed by atoms with van der Waals surface area (Å²) in [7, 11) is -3.78. The molecule has 1 N–H and O–H groups in total. The third-order valence-corrected chi connectivity index (χ3v) is 5.35. The average Bonchev–Trinajstić information content (AvgIpc) is 2.96. The van der Waals surface area contributed by atoms with E-state index in [4.69, 9.17) is 0 Å². The van der Waals surface area contributed by atoms with Crippen LogP contribution >= 0.6 is 0 Å². The maximum absolute atomic E-state index is 13.1. The minimum absolute atomic E-state index is 0.0469. The van der Waals surface area contributed by atoms with Crippen LogP contribution < -0.4 is 9.62 Å². The van der Waals surface area contributed by atoms with Crippen LogP contribution in [-0.2, 0) is 14.8 Å². The third kappa shape index (κ3) is 3.26. The van der Waals surface area contributed by atoms with Gasteiger partial charge in [-0.15, -0.1) is 0 Å². The van der Waals surface area contributed by atoms with Gasteiger partial charge in [0.15, 0.2) is 0 Å². The Morgan fingerprint density at radius 3 is 2.42 bits per heavy atom. The number of halogens is 1. The van der Waals surface area contributed by atoms with Crippen molar-refractivity contribution in [3.05, 3.63) is 53.8 Å². The van der Waals surface area contributed by atoms with Gasteiger partial charge in [-0.3, -0.25) is 9.52 Å². The molecule has 0 spiro atoms. The molecule has 3 rings (SSSR count). The van der Waals surface area contributed by atoms with E-state index in [1.165, 1.54) is 30.3 Å². The molecule has 0 radical (unpaired) electrons. The predicted octanol–water partition coefficient (Wildman–Crippen LogP) is 3.06. The first-order valence-corrected chi connectivity index (χ1v) is 9.04. The minimum atomic E-state index is -3.78. The fraction of sp³-hybridized carbons (Fsp3) is 0.235. The summed E-state index contributed by atoms with van der Waals surface area (Å²) in [6, 6.07) is 10.0. The highest BCUT2D eigenvalue weighted by Gasteiger charge is 2.22. The summed E-state index contributed by atoms with van der Waals surface area (Å²) in [6.07, 6.45) is 1.33. The van der Waals surface area contributed by atoms with Gasteiger partial charge in [0.1, 0.15) is 5.82 Å². The highest BCUT2D eigenvalue weighted by Crippen LogP contribution is 2.25. The van der Waals surface area contributed by atoms with E-state index in [9.17, 15) is 17.6 Å². The Balaban J connectivity index is 1.83. The predicted molar refractivity (Wildman–Crippen MR) is 90.0 cm³/mol. The number of nitrogens with one attached hydrogen (secondary N) is 1. The third-order valence-electron chi connectivity index (χ3n) is 3.96. The van der Waals surface area contributed by atoms with Crippen molar-refractivity contribution in [2.24, 2.45) is 0 Å². The molecule has 0 aliphatic carbocycles. The molecule has 1 aliphatic rings. The van der Waals surface area contributed by atoms with Crippen LogP contribution in [-0.4, -0.2) is 20.9 Å². The Morgan fingerprint density at radius 1 is 1.12 bits per heavy atom. The summed E-state index contributed by atoms with van der Waals surface area (Å²) in [6.45, 7) is 2.28. The number of rotatable bonds is 4. The van der Waals surface area contributed by atoms with E-state index >= 15 is 0 Å². The average molecular weight is 348 g/mol. The summed E-state index contributed by atoms with van der Waals surface area (Å²) in [4.78, 5) is 13.5. The first-order valence-electron chi connectivity index (χ1n) is 7.56. The molecule has 0 aromatic heterocycles. The quantitative estimate of drug-likeness (QED) is 0.923. The van der Waals surface area contributed by atoms with Gasteiger partial charge >= 0.3 is 0 Å². The lowest BCUT2D eigenvalue weighted by Gasteiger charge is -2.16. The smallest absolute Gasteiger partial charge is 0.261 e. The van der Waals surface area contributed by atoms with Gasteiger partial charge in [0, 0.05) is 18.7 Å². The highest BCUT2D eigenvalue weighted by molar-refractivity contribution is 7.92. The number of hydrogen-bond donors (Lipinski definition) is 1. The molecule has 24 heavy (non-hydrogen) atoms. The molecule has 0 saturated carbocycles. The Hall–Kier alpha value is -2.41. The van der Waals surface area contributed by atoms with E-state index in [-0.39, 0.29) is 10.8 Å². The molecular formula is C17H17FN2O3S. The molecule has 126 valence electrons. The fourth-order valence-electron chi connectivity index (χ4n) is 2.67.